The number of nitrogens with one attached hydrogen (secondary N) is 1. The molecule has 0 spiro atoms. The van der Waals surface area contributed by atoms with Gasteiger partial charge in [-0.1, -0.05) is 26.7 Å². The summed E-state index contributed by atoms with van der Waals surface area (Å²) in [5.41, 5.74) is 0.902. The van der Waals surface area contributed by atoms with Crippen molar-refractivity contribution in [1.82, 2.24) is 10.2 Å². The van der Waals surface area contributed by atoms with E-state index in [1.165, 1.54) is 11.0 Å². The zero-order valence-electron chi connectivity index (χ0n) is 14.2. The fourth-order valence-corrected chi connectivity index (χ4v) is 2.78. The van der Waals surface area contributed by atoms with Crippen LogP contribution in [0.3, 0.4) is 0 Å². The minimum Gasteiger partial charge on any atom is -0.344 e. The highest BCUT2D eigenvalue weighted by atomic mass is 16.2. The molecule has 1 heterocycles. The van der Waals surface area contributed by atoms with Crippen LogP contribution in [0.2, 0.25) is 0 Å². The Labute approximate surface area is 138 Å². The summed E-state index contributed by atoms with van der Waals surface area (Å²) in [6.45, 7) is 5.82. The number of imide groups is 1. The molecule has 1 rings (SSSR count). The first-order valence-corrected chi connectivity index (χ1v) is 8.24. The Morgan fingerprint density at radius 2 is 2.09 bits per heavy atom. The first-order chi connectivity index (χ1) is 11.0. The van der Waals surface area contributed by atoms with Gasteiger partial charge in [0.15, 0.2) is 0 Å². The Morgan fingerprint density at radius 3 is 2.65 bits per heavy atom. The fraction of sp³-hybridized carbons (Fsp3) is 0.611. The van der Waals surface area contributed by atoms with Gasteiger partial charge >= 0.3 is 0 Å². The quantitative estimate of drug-likeness (QED) is 0.698. The van der Waals surface area contributed by atoms with Crippen LogP contribution in [-0.4, -0.2) is 34.7 Å². The summed E-state index contributed by atoms with van der Waals surface area (Å²) in [4.78, 5) is 38.2. The van der Waals surface area contributed by atoms with Crippen LogP contribution < -0.4 is 5.32 Å². The second kappa shape index (κ2) is 9.14. The van der Waals surface area contributed by atoms with Crippen molar-refractivity contribution in [2.75, 3.05) is 0 Å². The minimum absolute atomic E-state index is 0.188. The van der Waals surface area contributed by atoms with Crippen molar-refractivity contribution >= 4 is 17.7 Å². The van der Waals surface area contributed by atoms with Crippen molar-refractivity contribution in [3.05, 3.63) is 11.6 Å². The highest BCUT2D eigenvalue weighted by Crippen LogP contribution is 2.24. The Bertz CT molecular complexity index is 531. The fourth-order valence-electron chi connectivity index (χ4n) is 2.78. The van der Waals surface area contributed by atoms with Crippen molar-refractivity contribution in [3.63, 3.8) is 0 Å². The van der Waals surface area contributed by atoms with E-state index in [9.17, 15) is 14.4 Å². The Morgan fingerprint density at radius 1 is 1.39 bits per heavy atom. The van der Waals surface area contributed by atoms with Gasteiger partial charge < -0.3 is 5.32 Å². The van der Waals surface area contributed by atoms with E-state index >= 15 is 0 Å². The van der Waals surface area contributed by atoms with Gasteiger partial charge in [0.25, 0.3) is 11.8 Å². The van der Waals surface area contributed by atoms with E-state index in [2.05, 4.69) is 11.2 Å². The lowest BCUT2D eigenvalue weighted by Crippen LogP contribution is -2.52. The standard InChI is InChI=1S/C18H26N2O3/c1-5-8-11-16(21)19-14(9-6-2)18(23)20-15(10-7-3)13(4)12-17(20)22/h1,12,14-15H,6-11H2,2-4H3,(H,19,21)/t14-,15-/m1/s1. The van der Waals surface area contributed by atoms with Crippen LogP contribution in [-0.2, 0) is 14.4 Å². The summed E-state index contributed by atoms with van der Waals surface area (Å²) >= 11 is 0. The Kier molecular flexibility index (Phi) is 7.53. The van der Waals surface area contributed by atoms with Crippen molar-refractivity contribution < 1.29 is 14.4 Å². The Hall–Kier alpha value is -2.09. The summed E-state index contributed by atoms with van der Waals surface area (Å²) in [5, 5.41) is 2.73. The van der Waals surface area contributed by atoms with E-state index in [0.717, 1.165) is 24.8 Å². The SMILES string of the molecule is C#CCCC(=O)N[C@H](CCC)C(=O)N1C(=O)C=C(C)[C@H]1CCC. The highest BCUT2D eigenvalue weighted by molar-refractivity contribution is 6.06. The van der Waals surface area contributed by atoms with Gasteiger partial charge in [-0.25, -0.2) is 0 Å². The zero-order valence-corrected chi connectivity index (χ0v) is 14.2. The molecule has 0 bridgehead atoms. The van der Waals surface area contributed by atoms with Crippen LogP contribution >= 0.6 is 0 Å². The van der Waals surface area contributed by atoms with Gasteiger partial charge in [-0.2, -0.15) is 0 Å². The van der Waals surface area contributed by atoms with E-state index < -0.39 is 6.04 Å². The monoisotopic (exact) mass is 318 g/mol. The second-order valence-corrected chi connectivity index (χ2v) is 5.85. The third-order valence-corrected chi connectivity index (χ3v) is 3.93. The molecule has 0 aromatic carbocycles. The molecule has 5 nitrogen and oxygen atoms in total. The molecule has 0 radical (unpaired) electrons. The van der Waals surface area contributed by atoms with Crippen molar-refractivity contribution in [3.8, 4) is 12.3 Å². The number of terminal acetylenes is 1. The maximum absolute atomic E-state index is 12.8. The maximum Gasteiger partial charge on any atom is 0.253 e. The molecule has 23 heavy (non-hydrogen) atoms. The number of hydrogen-bond donors (Lipinski definition) is 1. The lowest BCUT2D eigenvalue weighted by Gasteiger charge is -2.28. The van der Waals surface area contributed by atoms with E-state index in [4.69, 9.17) is 6.42 Å². The largest absolute Gasteiger partial charge is 0.344 e. The van der Waals surface area contributed by atoms with E-state index in [0.29, 0.717) is 12.8 Å². The Balaban J connectivity index is 2.86. The molecule has 1 aliphatic heterocycles. The van der Waals surface area contributed by atoms with Gasteiger partial charge in [-0.3, -0.25) is 19.3 Å². The lowest BCUT2D eigenvalue weighted by molar-refractivity contribution is -0.146. The summed E-state index contributed by atoms with van der Waals surface area (Å²) < 4.78 is 0. The summed E-state index contributed by atoms with van der Waals surface area (Å²) in [6.07, 6.45) is 10.0. The number of nitrogens with zero attached hydrogens (tertiary/aromatic N) is 1. The average Bonchev–Trinajstić information content (AvgIpc) is 2.78. The lowest BCUT2D eigenvalue weighted by atomic mass is 10.0. The molecule has 0 saturated heterocycles. The first kappa shape index (κ1) is 19.0. The molecule has 5 heteroatoms. The predicted octanol–water partition coefficient (Wildman–Crippen LogP) is 2.17. The van der Waals surface area contributed by atoms with Crippen LogP contribution in [0.1, 0.15) is 59.3 Å². The van der Waals surface area contributed by atoms with E-state index in [1.807, 2.05) is 20.8 Å². The summed E-state index contributed by atoms with van der Waals surface area (Å²) in [7, 11) is 0. The topological polar surface area (TPSA) is 66.5 Å². The molecular formula is C18H26N2O3. The zero-order chi connectivity index (χ0) is 17.4. The third-order valence-electron chi connectivity index (χ3n) is 3.93. The number of hydrogen-bond acceptors (Lipinski definition) is 3. The molecular weight excluding hydrogens is 292 g/mol. The third kappa shape index (κ3) is 4.95. The smallest absolute Gasteiger partial charge is 0.253 e. The molecule has 0 aliphatic carbocycles. The average molecular weight is 318 g/mol. The van der Waals surface area contributed by atoms with Gasteiger partial charge in [0.05, 0.1) is 6.04 Å². The summed E-state index contributed by atoms with van der Waals surface area (Å²) in [6, 6.07) is -0.866. The normalized spacial score (nSPS) is 18.3. The molecule has 0 aromatic heterocycles. The number of rotatable bonds is 8. The van der Waals surface area contributed by atoms with Crippen LogP contribution in [0.15, 0.2) is 11.6 Å². The van der Waals surface area contributed by atoms with Crippen LogP contribution in [0, 0.1) is 12.3 Å². The molecule has 2 atom stereocenters. The maximum atomic E-state index is 12.8. The van der Waals surface area contributed by atoms with Crippen LogP contribution in [0.25, 0.3) is 0 Å². The minimum atomic E-state index is -0.673. The molecule has 3 amide bonds. The number of carbonyl (C=O) groups is 3. The molecule has 0 aromatic rings. The van der Waals surface area contributed by atoms with Gasteiger partial charge in [0.1, 0.15) is 6.04 Å². The summed E-state index contributed by atoms with van der Waals surface area (Å²) in [5.74, 6) is 1.55. The first-order valence-electron chi connectivity index (χ1n) is 8.24. The van der Waals surface area contributed by atoms with Crippen molar-refractivity contribution in [2.45, 2.75) is 71.4 Å². The molecule has 1 N–H and O–H groups in total. The highest BCUT2D eigenvalue weighted by Gasteiger charge is 2.38. The van der Waals surface area contributed by atoms with Crippen LogP contribution in [0.4, 0.5) is 0 Å². The van der Waals surface area contributed by atoms with Gasteiger partial charge in [0.2, 0.25) is 5.91 Å². The van der Waals surface area contributed by atoms with Crippen molar-refractivity contribution in [2.24, 2.45) is 0 Å². The van der Waals surface area contributed by atoms with E-state index in [-0.39, 0.29) is 30.2 Å². The molecule has 1 aliphatic rings. The van der Waals surface area contributed by atoms with Gasteiger partial charge in [-0.05, 0) is 25.3 Å². The molecule has 0 saturated carbocycles. The van der Waals surface area contributed by atoms with Gasteiger partial charge in [0, 0.05) is 18.9 Å². The second-order valence-electron chi connectivity index (χ2n) is 5.85. The van der Waals surface area contributed by atoms with Gasteiger partial charge in [-0.15, -0.1) is 12.3 Å². The number of carbonyl (C=O) groups excluding carboxylic acids is 3. The molecule has 126 valence electrons. The molecule has 0 fully saturated rings. The molecule has 0 unspecified atom stereocenters. The predicted molar refractivity (Wildman–Crippen MR) is 89.2 cm³/mol. The van der Waals surface area contributed by atoms with Crippen molar-refractivity contribution in [1.29, 1.82) is 0 Å². The van der Waals surface area contributed by atoms with Crippen LogP contribution in [0.5, 0.6) is 0 Å². The van der Waals surface area contributed by atoms with E-state index in [1.54, 1.807) is 0 Å². The number of amides is 3.